The highest BCUT2D eigenvalue weighted by Gasteiger charge is 2.27. The Hall–Kier alpha value is -1.18. The Morgan fingerprint density at radius 3 is 1.67 bits per heavy atom. The molecular weight excluding hydrogens is 296 g/mol. The Morgan fingerprint density at radius 1 is 0.833 bits per heavy atom. The van der Waals surface area contributed by atoms with Gasteiger partial charge < -0.3 is 0 Å². The van der Waals surface area contributed by atoms with Crippen molar-refractivity contribution in [2.75, 3.05) is 0 Å². The maximum absolute atomic E-state index is 11.7. The fourth-order valence-electron chi connectivity index (χ4n) is 2.09. The first-order chi connectivity index (χ1) is 10.9. The van der Waals surface area contributed by atoms with E-state index in [4.69, 9.17) is 0 Å². The fourth-order valence-corrected chi connectivity index (χ4v) is 2.09. The minimum Gasteiger partial charge on any atom is -0.299 e. The zero-order valence-corrected chi connectivity index (χ0v) is 17.5. The first-order valence-corrected chi connectivity index (χ1v) is 9.27. The molecule has 0 saturated carbocycles. The van der Waals surface area contributed by atoms with E-state index in [2.05, 4.69) is 26.0 Å². The molecule has 0 rings (SSSR count). The Labute approximate surface area is 150 Å². The number of carbonyl (C=O) groups excluding carboxylic acids is 2. The summed E-state index contributed by atoms with van der Waals surface area (Å²) < 4.78 is 0. The van der Waals surface area contributed by atoms with Gasteiger partial charge in [0.05, 0.1) is 0 Å². The Bertz CT molecular complexity index is 418. The molecule has 0 unspecified atom stereocenters. The van der Waals surface area contributed by atoms with Gasteiger partial charge in [0, 0.05) is 23.2 Å². The summed E-state index contributed by atoms with van der Waals surface area (Å²) in [5, 5.41) is 0. The smallest absolute Gasteiger partial charge is 0.141 e. The molecule has 0 amide bonds. The fraction of sp³-hybridized carbons (Fsp3) is 0.727. The number of allylic oxidation sites excluding steroid dienone is 4. The number of carbonyl (C=O) groups is 2. The predicted octanol–water partition coefficient (Wildman–Crippen LogP) is 6.55. The van der Waals surface area contributed by atoms with Crippen LogP contribution in [0.15, 0.2) is 24.3 Å². The normalized spacial score (nSPS) is 12.6. The lowest BCUT2D eigenvalue weighted by Gasteiger charge is -2.23. The standard InChI is InChI=1S/C12H22O.C10H18O/c1-6-7-8-9-12(4,5)11(13)10(2)3;1-5-6-7-8-9(11)10(2,3)4/h7-8,10H,6,9H2,1-5H3;6-7H,5,8H2,1-4H3/b8-7-;7-6-. The molecule has 0 saturated heterocycles. The van der Waals surface area contributed by atoms with Gasteiger partial charge in [0.2, 0.25) is 0 Å². The van der Waals surface area contributed by atoms with Crippen LogP contribution in [0.2, 0.25) is 0 Å². The second kappa shape index (κ2) is 12.2. The van der Waals surface area contributed by atoms with Crippen molar-refractivity contribution in [3.05, 3.63) is 24.3 Å². The van der Waals surface area contributed by atoms with Crippen molar-refractivity contribution in [1.82, 2.24) is 0 Å². The second-order valence-electron chi connectivity index (χ2n) is 8.24. The molecule has 0 fully saturated rings. The second-order valence-corrected chi connectivity index (χ2v) is 8.24. The molecule has 0 aliphatic heterocycles. The molecule has 0 radical (unpaired) electrons. The van der Waals surface area contributed by atoms with Crippen molar-refractivity contribution in [1.29, 1.82) is 0 Å². The van der Waals surface area contributed by atoms with Crippen LogP contribution in [0.4, 0.5) is 0 Å². The maximum Gasteiger partial charge on any atom is 0.141 e. The van der Waals surface area contributed by atoms with Crippen LogP contribution in [-0.4, -0.2) is 11.6 Å². The minimum absolute atomic E-state index is 0.144. The molecule has 0 heterocycles. The minimum atomic E-state index is -0.195. The quantitative estimate of drug-likeness (QED) is 0.471. The third-order valence-corrected chi connectivity index (χ3v) is 3.76. The molecule has 140 valence electrons. The molecule has 0 aliphatic carbocycles. The summed E-state index contributed by atoms with van der Waals surface area (Å²) in [5.74, 6) is 0.806. The summed E-state index contributed by atoms with van der Waals surface area (Å²) >= 11 is 0. The van der Waals surface area contributed by atoms with Gasteiger partial charge in [-0.15, -0.1) is 0 Å². The van der Waals surface area contributed by atoms with E-state index in [1.54, 1.807) is 0 Å². The Balaban J connectivity index is 0. The van der Waals surface area contributed by atoms with Gasteiger partial charge in [-0.2, -0.15) is 0 Å². The van der Waals surface area contributed by atoms with Crippen LogP contribution in [0.1, 0.15) is 88.0 Å². The molecule has 2 nitrogen and oxygen atoms in total. The average Bonchev–Trinajstić information content (AvgIpc) is 2.46. The lowest BCUT2D eigenvalue weighted by atomic mass is 9.79. The molecule has 2 heteroatoms. The van der Waals surface area contributed by atoms with Crippen LogP contribution < -0.4 is 0 Å². The third kappa shape index (κ3) is 12.3. The van der Waals surface area contributed by atoms with E-state index in [9.17, 15) is 9.59 Å². The van der Waals surface area contributed by atoms with Gasteiger partial charge in [0.15, 0.2) is 0 Å². The number of ketones is 2. The molecule has 0 aromatic rings. The van der Waals surface area contributed by atoms with Crippen molar-refractivity contribution < 1.29 is 9.59 Å². The number of hydrogen-bond donors (Lipinski definition) is 0. The van der Waals surface area contributed by atoms with Crippen molar-refractivity contribution in [2.24, 2.45) is 16.7 Å². The largest absolute Gasteiger partial charge is 0.299 e. The Kier molecular flexibility index (Phi) is 12.8. The Morgan fingerprint density at radius 2 is 1.29 bits per heavy atom. The molecule has 24 heavy (non-hydrogen) atoms. The van der Waals surface area contributed by atoms with Gasteiger partial charge in [-0.25, -0.2) is 0 Å². The summed E-state index contributed by atoms with van der Waals surface area (Å²) in [5.41, 5.74) is -0.377. The zero-order valence-electron chi connectivity index (χ0n) is 17.5. The molecule has 0 aromatic carbocycles. The molecule has 0 aliphatic rings. The average molecular weight is 337 g/mol. The van der Waals surface area contributed by atoms with Crippen LogP contribution in [0.3, 0.4) is 0 Å². The molecule has 0 aromatic heterocycles. The van der Waals surface area contributed by atoms with Gasteiger partial charge >= 0.3 is 0 Å². The predicted molar refractivity (Wildman–Crippen MR) is 106 cm³/mol. The van der Waals surface area contributed by atoms with E-state index in [1.165, 1.54) is 0 Å². The van der Waals surface area contributed by atoms with Crippen LogP contribution in [0.25, 0.3) is 0 Å². The van der Waals surface area contributed by atoms with Crippen LogP contribution in [0, 0.1) is 16.7 Å². The van der Waals surface area contributed by atoms with E-state index in [0.29, 0.717) is 18.0 Å². The highest BCUT2D eigenvalue weighted by Crippen LogP contribution is 2.25. The van der Waals surface area contributed by atoms with E-state index >= 15 is 0 Å². The summed E-state index contributed by atoms with van der Waals surface area (Å²) in [7, 11) is 0. The van der Waals surface area contributed by atoms with Gasteiger partial charge in [-0.1, -0.05) is 86.6 Å². The van der Waals surface area contributed by atoms with Crippen molar-refractivity contribution >= 4 is 11.6 Å². The first kappa shape index (κ1) is 25.1. The summed E-state index contributed by atoms with van der Waals surface area (Å²) in [4.78, 5) is 23.0. The van der Waals surface area contributed by atoms with E-state index in [0.717, 1.165) is 19.3 Å². The van der Waals surface area contributed by atoms with Gasteiger partial charge in [-0.05, 0) is 19.3 Å². The maximum atomic E-state index is 11.7. The first-order valence-electron chi connectivity index (χ1n) is 9.27. The topological polar surface area (TPSA) is 34.1 Å². The summed E-state index contributed by atoms with van der Waals surface area (Å²) in [6.07, 6.45) is 11.7. The summed E-state index contributed by atoms with van der Waals surface area (Å²) in [6.45, 7) is 18.0. The number of hydrogen-bond acceptors (Lipinski definition) is 2. The van der Waals surface area contributed by atoms with Crippen molar-refractivity contribution in [2.45, 2.75) is 88.0 Å². The lowest BCUT2D eigenvalue weighted by molar-refractivity contribution is -0.130. The van der Waals surface area contributed by atoms with Gasteiger partial charge in [0.1, 0.15) is 11.6 Å². The highest BCUT2D eigenvalue weighted by molar-refractivity contribution is 5.86. The summed E-state index contributed by atoms with van der Waals surface area (Å²) in [6, 6.07) is 0. The number of rotatable bonds is 8. The molecular formula is C22H40O2. The van der Waals surface area contributed by atoms with Gasteiger partial charge in [0.25, 0.3) is 0 Å². The molecule has 0 bridgehead atoms. The van der Waals surface area contributed by atoms with Crippen LogP contribution >= 0.6 is 0 Å². The molecule has 0 spiro atoms. The van der Waals surface area contributed by atoms with E-state index in [-0.39, 0.29) is 16.7 Å². The SMILES string of the molecule is CC/C=C\CC(=O)C(C)(C)C.CC/C=C\CC(C)(C)C(=O)C(C)C. The van der Waals surface area contributed by atoms with Crippen LogP contribution in [0.5, 0.6) is 0 Å². The molecule has 0 N–H and O–H groups in total. The van der Waals surface area contributed by atoms with Crippen molar-refractivity contribution in [3.8, 4) is 0 Å². The number of Topliss-reactive ketones (excluding diaryl/α,β-unsaturated/α-hetero) is 2. The molecule has 0 atom stereocenters. The zero-order chi connectivity index (χ0) is 19.4. The van der Waals surface area contributed by atoms with Gasteiger partial charge in [-0.3, -0.25) is 9.59 Å². The highest BCUT2D eigenvalue weighted by atomic mass is 16.1. The van der Waals surface area contributed by atoms with Crippen molar-refractivity contribution in [3.63, 3.8) is 0 Å². The van der Waals surface area contributed by atoms with E-state index < -0.39 is 0 Å². The third-order valence-electron chi connectivity index (χ3n) is 3.76. The monoisotopic (exact) mass is 336 g/mol. The van der Waals surface area contributed by atoms with Crippen LogP contribution in [-0.2, 0) is 9.59 Å². The lowest BCUT2D eigenvalue weighted by Crippen LogP contribution is -2.27. The van der Waals surface area contributed by atoms with E-state index in [1.807, 2.05) is 60.6 Å².